The molecule has 1 aromatic carbocycles. The van der Waals surface area contributed by atoms with Crippen molar-refractivity contribution in [1.29, 1.82) is 0 Å². The van der Waals surface area contributed by atoms with Crippen molar-refractivity contribution in [3.63, 3.8) is 0 Å². The largest absolute Gasteiger partial charge is 0.349 e. The molecule has 1 saturated carbocycles. The van der Waals surface area contributed by atoms with Crippen LogP contribution in [0.2, 0.25) is 0 Å². The summed E-state index contributed by atoms with van der Waals surface area (Å²) in [4.78, 5) is 15.2. The molecule has 5 nitrogen and oxygen atoms in total. The van der Waals surface area contributed by atoms with Gasteiger partial charge in [0.15, 0.2) is 0 Å². The molecule has 1 amide bonds. The first-order valence-electron chi connectivity index (χ1n) is 11.7. The molecule has 162 valence electrons. The second-order valence-corrected chi connectivity index (χ2v) is 9.27. The Morgan fingerprint density at radius 3 is 2.43 bits per heavy atom. The molecule has 1 atom stereocenters. The molecule has 0 spiro atoms. The molecular weight excluding hydrogens is 372 g/mol. The molecule has 1 unspecified atom stereocenters. The van der Waals surface area contributed by atoms with E-state index in [0.29, 0.717) is 11.5 Å². The van der Waals surface area contributed by atoms with Gasteiger partial charge in [-0.05, 0) is 50.0 Å². The topological polar surface area (TPSA) is 50.2 Å². The molecule has 1 aliphatic carbocycles. The minimum absolute atomic E-state index is 0.0171. The minimum Gasteiger partial charge on any atom is -0.349 e. The lowest BCUT2D eigenvalue weighted by Gasteiger charge is -2.38. The Labute approximate surface area is 180 Å². The van der Waals surface area contributed by atoms with Gasteiger partial charge in [-0.1, -0.05) is 49.6 Å². The fourth-order valence-corrected chi connectivity index (χ4v) is 5.39. The average molecular weight is 409 g/mol. The fraction of sp³-hybridized carbons (Fsp3) is 0.600. The number of rotatable bonds is 6. The molecule has 2 fully saturated rings. The molecule has 1 aliphatic heterocycles. The Morgan fingerprint density at radius 2 is 1.80 bits per heavy atom. The van der Waals surface area contributed by atoms with Gasteiger partial charge in [-0.25, -0.2) is 0 Å². The summed E-state index contributed by atoms with van der Waals surface area (Å²) in [6.07, 6.45) is 10.8. The van der Waals surface area contributed by atoms with Crippen LogP contribution in [-0.4, -0.2) is 46.3 Å². The molecule has 30 heavy (non-hydrogen) atoms. The summed E-state index contributed by atoms with van der Waals surface area (Å²) < 4.78 is 1.71. The van der Waals surface area contributed by atoms with Crippen molar-refractivity contribution in [2.24, 2.45) is 13.0 Å². The van der Waals surface area contributed by atoms with Crippen molar-refractivity contribution in [1.82, 2.24) is 20.0 Å². The van der Waals surface area contributed by atoms with Crippen molar-refractivity contribution in [2.45, 2.75) is 63.8 Å². The van der Waals surface area contributed by atoms with Gasteiger partial charge in [-0.2, -0.15) is 5.10 Å². The smallest absolute Gasteiger partial charge is 0.254 e. The molecule has 1 saturated heterocycles. The monoisotopic (exact) mass is 408 g/mol. The number of nitrogens with zero attached hydrogens (tertiary/aromatic N) is 3. The summed E-state index contributed by atoms with van der Waals surface area (Å²) in [6, 6.07) is 11.4. The van der Waals surface area contributed by atoms with Gasteiger partial charge in [0.25, 0.3) is 5.91 Å². The number of amides is 1. The zero-order chi connectivity index (χ0) is 20.9. The highest BCUT2D eigenvalue weighted by atomic mass is 16.1. The van der Waals surface area contributed by atoms with Gasteiger partial charge in [-0.3, -0.25) is 9.48 Å². The summed E-state index contributed by atoms with van der Waals surface area (Å²) in [5.41, 5.74) is 3.00. The van der Waals surface area contributed by atoms with Crippen molar-refractivity contribution in [3.8, 4) is 0 Å². The maximum absolute atomic E-state index is 12.6. The minimum atomic E-state index is 0.0171. The first-order chi connectivity index (χ1) is 14.6. The highest BCUT2D eigenvalue weighted by molar-refractivity contribution is 5.95. The number of likely N-dealkylation sites (tertiary alicyclic amines) is 1. The van der Waals surface area contributed by atoms with E-state index in [1.807, 2.05) is 20.2 Å². The third kappa shape index (κ3) is 5.12. The van der Waals surface area contributed by atoms with Crippen LogP contribution in [-0.2, 0) is 7.05 Å². The number of aryl methyl sites for hydroxylation is 2. The molecule has 1 N–H and O–H groups in total. The molecule has 2 heterocycles. The molecule has 5 heteroatoms. The van der Waals surface area contributed by atoms with E-state index in [1.165, 1.54) is 37.7 Å². The van der Waals surface area contributed by atoms with E-state index in [4.69, 9.17) is 0 Å². The maximum Gasteiger partial charge on any atom is 0.254 e. The van der Waals surface area contributed by atoms with Gasteiger partial charge < -0.3 is 10.2 Å². The van der Waals surface area contributed by atoms with Crippen molar-refractivity contribution in [3.05, 3.63) is 53.3 Å². The van der Waals surface area contributed by atoms with Crippen molar-refractivity contribution in [2.75, 3.05) is 19.6 Å². The van der Waals surface area contributed by atoms with Gasteiger partial charge in [0.05, 0.1) is 11.3 Å². The molecule has 4 rings (SSSR count). The maximum atomic E-state index is 12.6. The number of piperidine rings is 1. The fourth-order valence-electron chi connectivity index (χ4n) is 5.39. The lowest BCUT2D eigenvalue weighted by Crippen LogP contribution is -2.46. The first-order valence-corrected chi connectivity index (χ1v) is 11.7. The summed E-state index contributed by atoms with van der Waals surface area (Å²) >= 11 is 0. The first kappa shape index (κ1) is 21.1. The van der Waals surface area contributed by atoms with E-state index in [1.54, 1.807) is 4.68 Å². The van der Waals surface area contributed by atoms with E-state index in [0.717, 1.165) is 44.1 Å². The van der Waals surface area contributed by atoms with Gasteiger partial charge in [0, 0.05) is 38.9 Å². The second-order valence-electron chi connectivity index (χ2n) is 9.27. The molecule has 1 aromatic heterocycles. The summed E-state index contributed by atoms with van der Waals surface area (Å²) in [7, 11) is 1.86. The Hall–Kier alpha value is -2.14. The van der Waals surface area contributed by atoms with Crippen LogP contribution in [0.3, 0.4) is 0 Å². The zero-order valence-corrected chi connectivity index (χ0v) is 18.5. The number of hydrogen-bond donors (Lipinski definition) is 1. The lowest BCUT2D eigenvalue weighted by molar-refractivity contribution is 0.0904. The van der Waals surface area contributed by atoms with E-state index >= 15 is 0 Å². The van der Waals surface area contributed by atoms with Gasteiger partial charge >= 0.3 is 0 Å². The van der Waals surface area contributed by atoms with Gasteiger partial charge in [0.1, 0.15) is 0 Å². The third-order valence-electron chi connectivity index (χ3n) is 7.08. The summed E-state index contributed by atoms with van der Waals surface area (Å²) in [6.45, 7) is 5.17. The van der Waals surface area contributed by atoms with Crippen LogP contribution >= 0.6 is 0 Å². The van der Waals surface area contributed by atoms with Crippen LogP contribution in [0.4, 0.5) is 0 Å². The number of carbonyl (C=O) groups excluding carboxylic acids is 1. The van der Waals surface area contributed by atoms with E-state index in [2.05, 4.69) is 45.6 Å². The zero-order valence-electron chi connectivity index (χ0n) is 18.5. The van der Waals surface area contributed by atoms with Crippen LogP contribution in [0.25, 0.3) is 0 Å². The lowest BCUT2D eigenvalue weighted by atomic mass is 9.76. The predicted octanol–water partition coefficient (Wildman–Crippen LogP) is 4.29. The highest BCUT2D eigenvalue weighted by Gasteiger charge is 2.29. The number of nitrogens with one attached hydrogen (secondary N) is 1. The van der Waals surface area contributed by atoms with E-state index < -0.39 is 0 Å². The Bertz CT molecular complexity index is 817. The van der Waals surface area contributed by atoms with Gasteiger partial charge in [0.2, 0.25) is 0 Å². The van der Waals surface area contributed by atoms with Crippen LogP contribution in [0, 0.1) is 12.8 Å². The van der Waals surface area contributed by atoms with E-state index in [-0.39, 0.29) is 11.9 Å². The Morgan fingerprint density at radius 1 is 1.10 bits per heavy atom. The quantitative estimate of drug-likeness (QED) is 0.776. The van der Waals surface area contributed by atoms with Crippen molar-refractivity contribution < 1.29 is 4.79 Å². The molecule has 2 aliphatic rings. The van der Waals surface area contributed by atoms with Crippen LogP contribution in [0.15, 0.2) is 36.5 Å². The molecule has 0 radical (unpaired) electrons. The average Bonchev–Trinajstić information content (AvgIpc) is 3.12. The standard InChI is InChI=1S/C25H36N4O/c1-19-23(17-28(2)27-19)25(30)26-22-13-15-29(16-14-22)18-24(20-9-5-3-6-10-20)21-11-7-4-8-12-21/h3,5-6,9-10,17,21-22,24H,4,7-8,11-16,18H2,1-2H3,(H,26,30). The van der Waals surface area contributed by atoms with Crippen LogP contribution in [0.5, 0.6) is 0 Å². The normalized spacial score (nSPS) is 20.2. The number of hydrogen-bond acceptors (Lipinski definition) is 3. The van der Waals surface area contributed by atoms with Crippen LogP contribution in [0.1, 0.15) is 72.5 Å². The summed E-state index contributed by atoms with van der Waals surface area (Å²) in [5.74, 6) is 1.46. The Balaban J connectivity index is 1.33. The Kier molecular flexibility index (Phi) is 6.88. The third-order valence-corrected chi connectivity index (χ3v) is 7.08. The second kappa shape index (κ2) is 9.78. The SMILES string of the molecule is Cc1nn(C)cc1C(=O)NC1CCN(CC(c2ccccc2)C2CCCCC2)CC1. The highest BCUT2D eigenvalue weighted by Crippen LogP contribution is 2.37. The number of aromatic nitrogens is 2. The number of carbonyl (C=O) groups is 1. The van der Waals surface area contributed by atoms with E-state index in [9.17, 15) is 4.79 Å². The van der Waals surface area contributed by atoms with Crippen molar-refractivity contribution >= 4 is 5.91 Å². The molecule has 0 bridgehead atoms. The molecular formula is C25H36N4O. The van der Waals surface area contributed by atoms with Crippen LogP contribution < -0.4 is 5.32 Å². The number of benzene rings is 1. The molecule has 2 aromatic rings. The predicted molar refractivity (Wildman–Crippen MR) is 121 cm³/mol. The van der Waals surface area contributed by atoms with Gasteiger partial charge in [-0.15, -0.1) is 0 Å². The summed E-state index contributed by atoms with van der Waals surface area (Å²) in [5, 5.41) is 7.53.